The molecule has 0 radical (unpaired) electrons. The Hall–Kier alpha value is -3.13. The highest BCUT2D eigenvalue weighted by Crippen LogP contribution is 2.42. The van der Waals surface area contributed by atoms with Crippen LogP contribution in [0.1, 0.15) is 51.3 Å². The van der Waals surface area contributed by atoms with E-state index in [-0.39, 0.29) is 5.41 Å². The Morgan fingerprint density at radius 2 is 1.67 bits per heavy atom. The van der Waals surface area contributed by atoms with Gasteiger partial charge in [-0.15, -0.1) is 0 Å². The molecule has 3 aromatic carbocycles. The second-order valence-corrected chi connectivity index (χ2v) is 11.4. The number of fused-ring (bicyclic) bond motifs is 5. The first kappa shape index (κ1) is 20.5. The number of rotatable bonds is 2. The molecule has 0 aliphatic heterocycles. The van der Waals surface area contributed by atoms with Crippen molar-refractivity contribution in [3.05, 3.63) is 71.4 Å². The van der Waals surface area contributed by atoms with Crippen LogP contribution in [0.25, 0.3) is 49.0 Å². The van der Waals surface area contributed by atoms with Gasteiger partial charge in [-0.3, -0.25) is 0 Å². The molecule has 2 nitrogen and oxygen atoms in total. The average Bonchev–Trinajstić information content (AvgIpc) is 3.07. The van der Waals surface area contributed by atoms with Gasteiger partial charge in [-0.1, -0.05) is 58.9 Å². The number of nitrogens with zero attached hydrogens (tertiary/aromatic N) is 2. The molecule has 0 aliphatic rings. The summed E-state index contributed by atoms with van der Waals surface area (Å²) in [4.78, 5) is 0. The van der Waals surface area contributed by atoms with Gasteiger partial charge >= 0.3 is 0 Å². The van der Waals surface area contributed by atoms with E-state index in [0.29, 0.717) is 5.92 Å². The molecular formula is C31H33N2+. The van der Waals surface area contributed by atoms with E-state index in [1.807, 2.05) is 0 Å². The average molecular weight is 434 g/mol. The number of hydrogen-bond acceptors (Lipinski definition) is 0. The zero-order valence-electron chi connectivity index (χ0n) is 20.9. The summed E-state index contributed by atoms with van der Waals surface area (Å²) in [5.74, 6) is 0.628. The van der Waals surface area contributed by atoms with E-state index in [0.717, 1.165) is 6.42 Å². The first-order chi connectivity index (χ1) is 15.6. The molecular weight excluding hydrogens is 400 g/mol. The van der Waals surface area contributed by atoms with Gasteiger partial charge in [-0.05, 0) is 65.0 Å². The fourth-order valence-corrected chi connectivity index (χ4v) is 5.83. The smallest absolute Gasteiger partial charge is 0.224 e. The molecule has 0 bridgehead atoms. The molecule has 3 aromatic heterocycles. The van der Waals surface area contributed by atoms with E-state index >= 15 is 0 Å². The molecule has 0 amide bonds. The topological polar surface area (TPSA) is 8.29 Å². The quantitative estimate of drug-likeness (QED) is 0.151. The van der Waals surface area contributed by atoms with Crippen molar-refractivity contribution in [3.8, 4) is 0 Å². The minimum atomic E-state index is 0.121. The summed E-state index contributed by atoms with van der Waals surface area (Å²) < 4.78 is 4.87. The van der Waals surface area contributed by atoms with E-state index in [2.05, 4.69) is 112 Å². The van der Waals surface area contributed by atoms with Crippen molar-refractivity contribution >= 4 is 49.0 Å². The molecule has 0 saturated carbocycles. The van der Waals surface area contributed by atoms with E-state index in [1.54, 1.807) is 0 Å². The van der Waals surface area contributed by atoms with Crippen molar-refractivity contribution in [2.24, 2.45) is 13.0 Å². The number of hydrogen-bond donors (Lipinski definition) is 0. The van der Waals surface area contributed by atoms with Crippen molar-refractivity contribution in [1.29, 1.82) is 0 Å². The molecule has 0 unspecified atom stereocenters. The molecule has 6 aromatic rings. The molecule has 6 rings (SSSR count). The standard InChI is InChI=1S/C31H33N2/c1-18(2)14-20-15-21-12-13-32(7)30-27-19(3)8-10-23-24-17-22(31(4,5)6)9-11-25(24)33(29(23)27)26(16-20)28(21)30/h8-13,15-18H,14H2,1-7H3/q+1. The lowest BCUT2D eigenvalue weighted by Gasteiger charge is -2.19. The number of pyridine rings is 2. The van der Waals surface area contributed by atoms with Crippen LogP contribution in [0.5, 0.6) is 0 Å². The lowest BCUT2D eigenvalue weighted by Crippen LogP contribution is -2.29. The van der Waals surface area contributed by atoms with Gasteiger partial charge in [-0.2, -0.15) is 0 Å². The highest BCUT2D eigenvalue weighted by atomic mass is 15.0. The van der Waals surface area contributed by atoms with Crippen LogP contribution >= 0.6 is 0 Å². The minimum absolute atomic E-state index is 0.121. The van der Waals surface area contributed by atoms with Crippen LogP contribution in [0.2, 0.25) is 0 Å². The van der Waals surface area contributed by atoms with Gasteiger partial charge in [0.1, 0.15) is 7.05 Å². The van der Waals surface area contributed by atoms with Crippen molar-refractivity contribution in [3.63, 3.8) is 0 Å². The molecule has 33 heavy (non-hydrogen) atoms. The van der Waals surface area contributed by atoms with E-state index in [1.165, 1.54) is 65.7 Å². The normalized spacial score (nSPS) is 13.1. The molecule has 2 heteroatoms. The van der Waals surface area contributed by atoms with Gasteiger partial charge in [0.25, 0.3) is 0 Å². The summed E-state index contributed by atoms with van der Waals surface area (Å²) in [6, 6.07) is 18.9. The Balaban J connectivity index is 1.93. The molecule has 0 N–H and O–H groups in total. The second-order valence-electron chi connectivity index (χ2n) is 11.4. The molecule has 0 spiro atoms. The maximum Gasteiger partial charge on any atom is 0.224 e. The van der Waals surface area contributed by atoms with Crippen LogP contribution in [0.4, 0.5) is 0 Å². The van der Waals surface area contributed by atoms with Crippen LogP contribution in [0.15, 0.2) is 54.7 Å². The highest BCUT2D eigenvalue weighted by Gasteiger charge is 2.25. The van der Waals surface area contributed by atoms with Gasteiger partial charge in [0.05, 0.1) is 27.3 Å². The number of aromatic nitrogens is 2. The number of aryl methyl sites for hydroxylation is 2. The predicted octanol–water partition coefficient (Wildman–Crippen LogP) is 7.62. The maximum absolute atomic E-state index is 2.55. The Kier molecular flexibility index (Phi) is 4.15. The summed E-state index contributed by atoms with van der Waals surface area (Å²) >= 11 is 0. The van der Waals surface area contributed by atoms with Gasteiger partial charge in [0.15, 0.2) is 6.20 Å². The minimum Gasteiger partial charge on any atom is -0.307 e. The molecule has 0 atom stereocenters. The Morgan fingerprint density at radius 3 is 2.39 bits per heavy atom. The molecule has 0 fully saturated rings. The van der Waals surface area contributed by atoms with Gasteiger partial charge < -0.3 is 4.40 Å². The van der Waals surface area contributed by atoms with Crippen molar-refractivity contribution in [1.82, 2.24) is 4.40 Å². The Morgan fingerprint density at radius 1 is 0.879 bits per heavy atom. The molecule has 166 valence electrons. The summed E-state index contributed by atoms with van der Waals surface area (Å²) in [6.45, 7) is 13.8. The fraction of sp³-hybridized carbons (Fsp3) is 0.323. The lowest BCUT2D eigenvalue weighted by molar-refractivity contribution is -0.643. The summed E-state index contributed by atoms with van der Waals surface area (Å²) in [5.41, 5.74) is 9.60. The van der Waals surface area contributed by atoms with Gasteiger partial charge in [0.2, 0.25) is 5.52 Å². The van der Waals surface area contributed by atoms with Gasteiger partial charge in [0, 0.05) is 16.8 Å². The lowest BCUT2D eigenvalue weighted by atomic mass is 9.86. The highest BCUT2D eigenvalue weighted by molar-refractivity contribution is 6.25. The Labute approximate surface area is 195 Å². The van der Waals surface area contributed by atoms with Crippen molar-refractivity contribution in [2.75, 3.05) is 0 Å². The summed E-state index contributed by atoms with van der Waals surface area (Å²) in [6.07, 6.45) is 3.32. The SMILES string of the molecule is Cc1ccc2c3cc(C(C)(C)C)ccc3n3c4cc(CC(C)C)cc5cc[n+](C)c(c1c23)c54. The van der Waals surface area contributed by atoms with Crippen LogP contribution in [-0.2, 0) is 18.9 Å². The molecule has 0 aliphatic carbocycles. The third-order valence-corrected chi connectivity index (χ3v) is 7.40. The predicted molar refractivity (Wildman–Crippen MR) is 142 cm³/mol. The van der Waals surface area contributed by atoms with Crippen LogP contribution in [-0.4, -0.2) is 4.40 Å². The van der Waals surface area contributed by atoms with Crippen molar-refractivity contribution in [2.45, 2.75) is 53.4 Å². The zero-order valence-corrected chi connectivity index (χ0v) is 20.9. The van der Waals surface area contributed by atoms with Crippen molar-refractivity contribution < 1.29 is 4.57 Å². The van der Waals surface area contributed by atoms with Gasteiger partial charge in [-0.25, -0.2) is 4.57 Å². The number of benzene rings is 3. The second kappa shape index (κ2) is 6.70. The first-order valence-electron chi connectivity index (χ1n) is 12.2. The van der Waals surface area contributed by atoms with Crippen LogP contribution in [0, 0.1) is 12.8 Å². The van der Waals surface area contributed by atoms with Crippen LogP contribution < -0.4 is 4.57 Å². The van der Waals surface area contributed by atoms with E-state index < -0.39 is 0 Å². The summed E-state index contributed by atoms with van der Waals surface area (Å²) in [5, 5.41) is 6.79. The Bertz CT molecular complexity index is 1710. The monoisotopic (exact) mass is 433 g/mol. The largest absolute Gasteiger partial charge is 0.307 e. The zero-order chi connectivity index (χ0) is 23.2. The van der Waals surface area contributed by atoms with E-state index in [4.69, 9.17) is 0 Å². The third-order valence-electron chi connectivity index (χ3n) is 7.40. The van der Waals surface area contributed by atoms with Crippen LogP contribution in [0.3, 0.4) is 0 Å². The third kappa shape index (κ3) is 2.83. The summed E-state index contributed by atoms with van der Waals surface area (Å²) in [7, 11) is 2.19. The molecule has 0 saturated heterocycles. The fourth-order valence-electron chi connectivity index (χ4n) is 5.83. The maximum atomic E-state index is 2.55. The van der Waals surface area contributed by atoms with E-state index in [9.17, 15) is 0 Å². The first-order valence-corrected chi connectivity index (χ1v) is 12.2. The molecule has 3 heterocycles.